The highest BCUT2D eigenvalue weighted by Crippen LogP contribution is 2.25. The van der Waals surface area contributed by atoms with E-state index in [1.807, 2.05) is 0 Å². The van der Waals surface area contributed by atoms with E-state index in [4.69, 9.17) is 0 Å². The molecule has 0 bridgehead atoms. The molecule has 0 aromatic heterocycles. The molecule has 2 atom stereocenters. The Morgan fingerprint density at radius 3 is 2.12 bits per heavy atom. The van der Waals surface area contributed by atoms with E-state index in [0.29, 0.717) is 32.4 Å². The summed E-state index contributed by atoms with van der Waals surface area (Å²) in [7, 11) is 3.45. The minimum Gasteiger partial charge on any atom is -0.481 e. The number of rotatable bonds is 3. The van der Waals surface area contributed by atoms with Crippen LogP contribution < -0.4 is 5.32 Å². The van der Waals surface area contributed by atoms with Gasteiger partial charge in [-0.15, -0.1) is 0 Å². The minimum absolute atomic E-state index is 0.0233. The quantitative estimate of drug-likeness (QED) is 0.811. The van der Waals surface area contributed by atoms with Gasteiger partial charge in [0.05, 0.1) is 5.92 Å². The second-order valence-corrected chi connectivity index (χ2v) is 7.49. The van der Waals surface area contributed by atoms with Gasteiger partial charge in [0.25, 0.3) is 0 Å². The van der Waals surface area contributed by atoms with Crippen molar-refractivity contribution in [3.05, 3.63) is 0 Å². The lowest BCUT2D eigenvalue weighted by molar-refractivity contribution is -0.143. The maximum absolute atomic E-state index is 12.6. The molecule has 2 fully saturated rings. The van der Waals surface area contributed by atoms with Crippen LogP contribution in [0.15, 0.2) is 0 Å². The number of likely N-dealkylation sites (tertiary alicyclic amines) is 1. The van der Waals surface area contributed by atoms with E-state index in [9.17, 15) is 19.5 Å². The highest BCUT2D eigenvalue weighted by Gasteiger charge is 2.33. The number of urea groups is 1. The number of piperidine rings is 1. The summed E-state index contributed by atoms with van der Waals surface area (Å²) in [5.74, 6) is -1.47. The first kappa shape index (κ1) is 19.5. The van der Waals surface area contributed by atoms with Gasteiger partial charge in [-0.1, -0.05) is 25.7 Å². The van der Waals surface area contributed by atoms with Crippen molar-refractivity contribution in [3.8, 4) is 0 Å². The predicted molar refractivity (Wildman–Crippen MR) is 94.1 cm³/mol. The van der Waals surface area contributed by atoms with E-state index in [0.717, 1.165) is 32.1 Å². The van der Waals surface area contributed by atoms with Crippen LogP contribution in [0.5, 0.6) is 0 Å². The fourth-order valence-corrected chi connectivity index (χ4v) is 3.87. The van der Waals surface area contributed by atoms with Crippen molar-refractivity contribution in [1.29, 1.82) is 0 Å². The van der Waals surface area contributed by atoms with Crippen molar-refractivity contribution in [2.45, 2.75) is 57.4 Å². The molecule has 1 aliphatic heterocycles. The maximum atomic E-state index is 12.6. The third kappa shape index (κ3) is 5.34. The summed E-state index contributed by atoms with van der Waals surface area (Å²) in [6.45, 7) is 1.14. The molecule has 0 aromatic carbocycles. The van der Waals surface area contributed by atoms with Crippen LogP contribution in [0.2, 0.25) is 0 Å². The zero-order valence-corrected chi connectivity index (χ0v) is 15.4. The van der Waals surface area contributed by atoms with Crippen molar-refractivity contribution in [1.82, 2.24) is 15.1 Å². The topological polar surface area (TPSA) is 90.0 Å². The zero-order chi connectivity index (χ0) is 18.4. The smallest absolute Gasteiger partial charge is 0.319 e. The van der Waals surface area contributed by atoms with Crippen LogP contribution in [0, 0.1) is 11.8 Å². The minimum atomic E-state index is -0.807. The second kappa shape index (κ2) is 9.06. The SMILES string of the molecule is CN(C)C(=O)N1CCC(C(=O)NC2CCCCCCC2C(=O)O)CC1. The van der Waals surface area contributed by atoms with Crippen LogP contribution in [0.4, 0.5) is 4.79 Å². The molecule has 142 valence electrons. The van der Waals surface area contributed by atoms with Gasteiger partial charge in [0.2, 0.25) is 5.91 Å². The van der Waals surface area contributed by atoms with Crippen LogP contribution in [-0.4, -0.2) is 66.0 Å². The first-order valence-electron chi connectivity index (χ1n) is 9.39. The van der Waals surface area contributed by atoms with Gasteiger partial charge in [0, 0.05) is 39.1 Å². The molecular formula is C18H31N3O4. The Hall–Kier alpha value is -1.79. The van der Waals surface area contributed by atoms with Crippen molar-refractivity contribution in [2.75, 3.05) is 27.2 Å². The van der Waals surface area contributed by atoms with E-state index in [-0.39, 0.29) is 23.9 Å². The van der Waals surface area contributed by atoms with E-state index < -0.39 is 11.9 Å². The van der Waals surface area contributed by atoms with Gasteiger partial charge in [-0.3, -0.25) is 9.59 Å². The first-order chi connectivity index (χ1) is 11.9. The summed E-state index contributed by atoms with van der Waals surface area (Å²) in [5, 5.41) is 12.5. The molecule has 0 spiro atoms. The summed E-state index contributed by atoms with van der Waals surface area (Å²) < 4.78 is 0. The van der Waals surface area contributed by atoms with Crippen LogP contribution >= 0.6 is 0 Å². The lowest BCUT2D eigenvalue weighted by Gasteiger charge is -2.34. The third-order valence-electron chi connectivity index (χ3n) is 5.43. The molecule has 0 aromatic rings. The molecule has 2 N–H and O–H groups in total. The van der Waals surface area contributed by atoms with Crippen molar-refractivity contribution in [2.24, 2.45) is 11.8 Å². The predicted octanol–water partition coefficient (Wildman–Crippen LogP) is 1.92. The second-order valence-electron chi connectivity index (χ2n) is 7.49. The van der Waals surface area contributed by atoms with Crippen molar-refractivity contribution < 1.29 is 19.5 Å². The van der Waals surface area contributed by atoms with Crippen LogP contribution in [0.3, 0.4) is 0 Å². The molecule has 25 heavy (non-hydrogen) atoms. The van der Waals surface area contributed by atoms with Gasteiger partial charge in [0.1, 0.15) is 0 Å². The van der Waals surface area contributed by atoms with Gasteiger partial charge in [-0.2, -0.15) is 0 Å². The highest BCUT2D eigenvalue weighted by atomic mass is 16.4. The standard InChI is InChI=1S/C18H31N3O4/c1-20(2)18(25)21-11-9-13(10-12-21)16(22)19-15-8-6-4-3-5-7-14(15)17(23)24/h13-15H,3-12H2,1-2H3,(H,19,22)(H,23,24). The molecule has 7 heteroatoms. The number of hydrogen-bond donors (Lipinski definition) is 2. The normalized spacial score (nSPS) is 25.6. The molecule has 3 amide bonds. The summed E-state index contributed by atoms with van der Waals surface area (Å²) in [5.41, 5.74) is 0. The molecule has 1 heterocycles. The number of nitrogens with one attached hydrogen (secondary N) is 1. The summed E-state index contributed by atoms with van der Waals surface area (Å²) in [6, 6.07) is -0.295. The molecule has 0 radical (unpaired) electrons. The lowest BCUT2D eigenvalue weighted by Crippen LogP contribution is -2.50. The van der Waals surface area contributed by atoms with Gasteiger partial charge in [-0.25, -0.2) is 4.79 Å². The van der Waals surface area contributed by atoms with Crippen LogP contribution in [-0.2, 0) is 9.59 Å². The van der Waals surface area contributed by atoms with Gasteiger partial charge >= 0.3 is 12.0 Å². The fraction of sp³-hybridized carbons (Fsp3) is 0.833. The number of amides is 3. The number of aliphatic carboxylic acids is 1. The Labute approximate surface area is 149 Å². The Balaban J connectivity index is 1.89. The first-order valence-corrected chi connectivity index (χ1v) is 9.39. The van der Waals surface area contributed by atoms with E-state index in [2.05, 4.69) is 5.32 Å². The number of carbonyl (C=O) groups is 3. The van der Waals surface area contributed by atoms with Crippen LogP contribution in [0.25, 0.3) is 0 Å². The average Bonchev–Trinajstić information content (AvgIpc) is 2.56. The van der Waals surface area contributed by atoms with E-state index in [1.54, 1.807) is 23.9 Å². The van der Waals surface area contributed by atoms with E-state index >= 15 is 0 Å². The number of carbonyl (C=O) groups excluding carboxylic acids is 2. The van der Waals surface area contributed by atoms with Gasteiger partial charge in [0.15, 0.2) is 0 Å². The highest BCUT2D eigenvalue weighted by molar-refractivity contribution is 5.81. The molecule has 2 unspecified atom stereocenters. The summed E-state index contributed by atoms with van der Waals surface area (Å²) >= 11 is 0. The number of carboxylic acids is 1. The maximum Gasteiger partial charge on any atom is 0.319 e. The molecule has 2 aliphatic rings. The number of nitrogens with zero attached hydrogens (tertiary/aromatic N) is 2. The molecular weight excluding hydrogens is 322 g/mol. The summed E-state index contributed by atoms with van der Waals surface area (Å²) in [6.07, 6.45) is 6.69. The largest absolute Gasteiger partial charge is 0.481 e. The van der Waals surface area contributed by atoms with Crippen molar-refractivity contribution in [3.63, 3.8) is 0 Å². The lowest BCUT2D eigenvalue weighted by atomic mass is 9.86. The van der Waals surface area contributed by atoms with Gasteiger partial charge < -0.3 is 20.2 Å². The Morgan fingerprint density at radius 1 is 0.960 bits per heavy atom. The zero-order valence-electron chi connectivity index (χ0n) is 15.4. The fourth-order valence-electron chi connectivity index (χ4n) is 3.87. The third-order valence-corrected chi connectivity index (χ3v) is 5.43. The van der Waals surface area contributed by atoms with Crippen molar-refractivity contribution >= 4 is 17.9 Å². The number of hydrogen-bond acceptors (Lipinski definition) is 3. The average molecular weight is 353 g/mol. The summed E-state index contributed by atoms with van der Waals surface area (Å²) in [4.78, 5) is 39.5. The molecule has 1 aliphatic carbocycles. The van der Waals surface area contributed by atoms with Crippen LogP contribution in [0.1, 0.15) is 51.4 Å². The Kier molecular flexibility index (Phi) is 7.08. The molecule has 7 nitrogen and oxygen atoms in total. The van der Waals surface area contributed by atoms with E-state index in [1.165, 1.54) is 0 Å². The molecule has 2 rings (SSSR count). The Bertz CT molecular complexity index is 487. The monoisotopic (exact) mass is 353 g/mol. The van der Waals surface area contributed by atoms with Gasteiger partial charge in [-0.05, 0) is 25.7 Å². The Morgan fingerprint density at radius 2 is 1.56 bits per heavy atom. The molecule has 1 saturated carbocycles. The number of carboxylic acid groups (broad SMARTS) is 1. The molecule has 1 saturated heterocycles.